The average Bonchev–Trinajstić information content (AvgIpc) is 2.85. The lowest BCUT2D eigenvalue weighted by molar-refractivity contribution is 0.0656. The molecule has 0 spiro atoms. The molecular formula is C13H10Cl2O4S. The number of hydrogen-bond acceptors (Lipinski definition) is 4. The van der Waals surface area contributed by atoms with Crippen molar-refractivity contribution in [2.24, 2.45) is 0 Å². The van der Waals surface area contributed by atoms with E-state index in [1.165, 1.54) is 17.8 Å². The first-order valence-corrected chi connectivity index (χ1v) is 7.34. The average molecular weight is 333 g/mol. The fourth-order valence-corrected chi connectivity index (χ4v) is 2.54. The van der Waals surface area contributed by atoms with Crippen molar-refractivity contribution in [1.29, 1.82) is 0 Å². The minimum Gasteiger partial charge on any atom is -0.491 e. The lowest BCUT2D eigenvalue weighted by Gasteiger charge is -2.07. The van der Waals surface area contributed by atoms with E-state index in [1.54, 1.807) is 24.3 Å². The summed E-state index contributed by atoms with van der Waals surface area (Å²) in [7, 11) is 0. The first-order valence-electron chi connectivity index (χ1n) is 5.60. The number of aromatic carboxylic acids is 1. The summed E-state index contributed by atoms with van der Waals surface area (Å²) in [5.41, 5.74) is 0. The highest BCUT2D eigenvalue weighted by Crippen LogP contribution is 2.28. The van der Waals surface area contributed by atoms with E-state index in [0.29, 0.717) is 33.2 Å². The molecule has 2 aromatic rings. The molecule has 1 aromatic heterocycles. The van der Waals surface area contributed by atoms with Crippen LogP contribution in [0.1, 0.15) is 10.6 Å². The quantitative estimate of drug-likeness (QED) is 0.625. The van der Waals surface area contributed by atoms with Crippen LogP contribution >= 0.6 is 35.0 Å². The molecule has 0 bridgehead atoms. The maximum atomic E-state index is 10.6. The van der Waals surface area contributed by atoms with Crippen LogP contribution in [0.25, 0.3) is 0 Å². The van der Waals surface area contributed by atoms with Gasteiger partial charge in [0.15, 0.2) is 5.09 Å². The Morgan fingerprint density at radius 2 is 2.10 bits per heavy atom. The molecule has 1 aromatic carbocycles. The summed E-state index contributed by atoms with van der Waals surface area (Å²) in [6.07, 6.45) is 0. The smallest absolute Gasteiger partial charge is 0.371 e. The second-order valence-electron chi connectivity index (χ2n) is 3.70. The predicted octanol–water partition coefficient (Wildman–Crippen LogP) is 4.46. The van der Waals surface area contributed by atoms with Gasteiger partial charge in [-0.1, -0.05) is 35.0 Å². The molecule has 0 aliphatic carbocycles. The van der Waals surface area contributed by atoms with Gasteiger partial charge in [0, 0.05) is 10.8 Å². The van der Waals surface area contributed by atoms with Crippen molar-refractivity contribution in [3.63, 3.8) is 0 Å². The van der Waals surface area contributed by atoms with E-state index in [1.807, 2.05) is 0 Å². The van der Waals surface area contributed by atoms with E-state index < -0.39 is 5.97 Å². The summed E-state index contributed by atoms with van der Waals surface area (Å²) in [5, 5.41) is 10.3. The van der Waals surface area contributed by atoms with E-state index in [0.717, 1.165) is 0 Å². The molecule has 0 aliphatic rings. The van der Waals surface area contributed by atoms with Crippen LogP contribution in [0.2, 0.25) is 10.0 Å². The van der Waals surface area contributed by atoms with Crippen molar-refractivity contribution in [2.45, 2.75) is 5.09 Å². The predicted molar refractivity (Wildman–Crippen MR) is 78.3 cm³/mol. The van der Waals surface area contributed by atoms with Gasteiger partial charge in [-0.3, -0.25) is 0 Å². The second kappa shape index (κ2) is 6.92. The van der Waals surface area contributed by atoms with Gasteiger partial charge in [-0.05, 0) is 30.3 Å². The molecule has 1 heterocycles. The number of thioether (sulfide) groups is 1. The molecule has 4 nitrogen and oxygen atoms in total. The number of benzene rings is 1. The van der Waals surface area contributed by atoms with Crippen LogP contribution in [0.5, 0.6) is 5.75 Å². The molecule has 0 unspecified atom stereocenters. The van der Waals surface area contributed by atoms with Gasteiger partial charge in [-0.25, -0.2) is 4.79 Å². The number of rotatable bonds is 6. The van der Waals surface area contributed by atoms with Crippen LogP contribution in [-0.2, 0) is 0 Å². The molecule has 2 rings (SSSR count). The lowest BCUT2D eigenvalue weighted by atomic mass is 10.3. The molecule has 0 fully saturated rings. The Labute approximate surface area is 129 Å². The molecule has 0 saturated carbocycles. The van der Waals surface area contributed by atoms with Crippen molar-refractivity contribution in [3.05, 3.63) is 46.1 Å². The Morgan fingerprint density at radius 3 is 2.75 bits per heavy atom. The zero-order chi connectivity index (χ0) is 14.5. The fraction of sp³-hybridized carbons (Fsp3) is 0.154. The van der Waals surface area contributed by atoms with Crippen LogP contribution in [0.3, 0.4) is 0 Å². The van der Waals surface area contributed by atoms with Crippen LogP contribution in [0.4, 0.5) is 0 Å². The van der Waals surface area contributed by atoms with Gasteiger partial charge in [0.05, 0.1) is 11.6 Å². The number of carboxylic acid groups (broad SMARTS) is 1. The van der Waals surface area contributed by atoms with Crippen LogP contribution in [0, 0.1) is 0 Å². The standard InChI is InChI=1S/C13H10Cl2O4S/c14-8-1-2-10(9(15)7-8)18-5-6-20-12-4-3-11(19-12)13(16)17/h1-4,7H,5-6H2,(H,16,17). The Morgan fingerprint density at radius 1 is 1.30 bits per heavy atom. The van der Waals surface area contributed by atoms with E-state index >= 15 is 0 Å². The molecule has 0 atom stereocenters. The largest absolute Gasteiger partial charge is 0.491 e. The summed E-state index contributed by atoms with van der Waals surface area (Å²) >= 11 is 13.1. The number of ether oxygens (including phenoxy) is 1. The first kappa shape index (κ1) is 15.1. The van der Waals surface area contributed by atoms with Gasteiger partial charge in [-0.15, -0.1) is 0 Å². The highest BCUT2D eigenvalue weighted by molar-refractivity contribution is 7.99. The number of halogens is 2. The minimum absolute atomic E-state index is 0.0748. The van der Waals surface area contributed by atoms with Crippen molar-refractivity contribution >= 4 is 40.9 Å². The molecule has 0 radical (unpaired) electrons. The molecule has 7 heteroatoms. The maximum absolute atomic E-state index is 10.6. The summed E-state index contributed by atoms with van der Waals surface area (Å²) < 4.78 is 10.6. The van der Waals surface area contributed by atoms with Gasteiger partial charge in [0.2, 0.25) is 5.76 Å². The van der Waals surface area contributed by atoms with Crippen molar-refractivity contribution in [2.75, 3.05) is 12.4 Å². The van der Waals surface area contributed by atoms with Crippen LogP contribution in [-0.4, -0.2) is 23.4 Å². The Hall–Kier alpha value is -1.30. The summed E-state index contributed by atoms with van der Waals surface area (Å²) in [6, 6.07) is 8.04. The fourth-order valence-electron chi connectivity index (χ4n) is 1.40. The minimum atomic E-state index is -1.08. The first-order chi connectivity index (χ1) is 9.56. The molecule has 1 N–H and O–H groups in total. The van der Waals surface area contributed by atoms with Crippen LogP contribution < -0.4 is 4.74 Å². The van der Waals surface area contributed by atoms with Gasteiger partial charge >= 0.3 is 5.97 Å². The van der Waals surface area contributed by atoms with E-state index in [2.05, 4.69) is 0 Å². The van der Waals surface area contributed by atoms with E-state index in [4.69, 9.17) is 37.5 Å². The van der Waals surface area contributed by atoms with Gasteiger partial charge in [0.25, 0.3) is 0 Å². The molecule has 0 aliphatic heterocycles. The van der Waals surface area contributed by atoms with E-state index in [-0.39, 0.29) is 5.76 Å². The Bertz CT molecular complexity index is 612. The maximum Gasteiger partial charge on any atom is 0.371 e. The lowest BCUT2D eigenvalue weighted by Crippen LogP contribution is -2.00. The second-order valence-corrected chi connectivity index (χ2v) is 5.64. The third-order valence-corrected chi connectivity index (χ3v) is 3.68. The van der Waals surface area contributed by atoms with Crippen LogP contribution in [0.15, 0.2) is 39.8 Å². The van der Waals surface area contributed by atoms with Crippen molar-refractivity contribution in [1.82, 2.24) is 0 Å². The SMILES string of the molecule is O=C(O)c1ccc(SCCOc2ccc(Cl)cc2Cl)o1. The molecule has 106 valence electrons. The van der Waals surface area contributed by atoms with E-state index in [9.17, 15) is 4.79 Å². The van der Waals surface area contributed by atoms with Crippen molar-refractivity contribution in [3.8, 4) is 5.75 Å². The number of carboxylic acids is 1. The van der Waals surface area contributed by atoms with Gasteiger partial charge in [0.1, 0.15) is 5.75 Å². The number of hydrogen-bond donors (Lipinski definition) is 1. The molecule has 0 saturated heterocycles. The van der Waals surface area contributed by atoms with Crippen molar-refractivity contribution < 1.29 is 19.1 Å². The van der Waals surface area contributed by atoms with Gasteiger partial charge in [-0.2, -0.15) is 0 Å². The summed E-state index contributed by atoms with van der Waals surface area (Å²) in [6.45, 7) is 0.412. The Kier molecular flexibility index (Phi) is 5.23. The Balaban J connectivity index is 1.79. The zero-order valence-corrected chi connectivity index (χ0v) is 12.5. The summed E-state index contributed by atoms with van der Waals surface area (Å²) in [4.78, 5) is 10.6. The van der Waals surface area contributed by atoms with Gasteiger partial charge < -0.3 is 14.3 Å². The normalized spacial score (nSPS) is 10.5. The highest BCUT2D eigenvalue weighted by Gasteiger charge is 2.09. The molecule has 20 heavy (non-hydrogen) atoms. The number of carbonyl (C=O) groups is 1. The zero-order valence-electron chi connectivity index (χ0n) is 10.1. The number of furan rings is 1. The molecule has 0 amide bonds. The summed E-state index contributed by atoms with van der Waals surface area (Å²) in [5.74, 6) is 0.00321. The third kappa shape index (κ3) is 4.10. The topological polar surface area (TPSA) is 59.7 Å². The third-order valence-electron chi connectivity index (χ3n) is 2.27. The molecular weight excluding hydrogens is 323 g/mol. The monoisotopic (exact) mass is 332 g/mol. The highest BCUT2D eigenvalue weighted by atomic mass is 35.5.